The van der Waals surface area contributed by atoms with Gasteiger partial charge in [-0.05, 0) is 77.0 Å². The maximum absolute atomic E-state index is 13.1. The van der Waals surface area contributed by atoms with Crippen molar-refractivity contribution in [2.45, 2.75) is 197 Å². The summed E-state index contributed by atoms with van der Waals surface area (Å²) in [6, 6.07) is 0. The fourth-order valence-electron chi connectivity index (χ4n) is 11.2. The summed E-state index contributed by atoms with van der Waals surface area (Å²) in [6.07, 6.45) is 13.3. The Kier molecular flexibility index (Phi) is 19.8. The van der Waals surface area contributed by atoms with Crippen LogP contribution in [0.15, 0.2) is 0 Å². The number of aliphatic hydroxyl groups is 3. The minimum atomic E-state index is -1.21. The Balaban J connectivity index is 0.937. The molecule has 6 fully saturated rings. The van der Waals surface area contributed by atoms with Gasteiger partial charge in [0, 0.05) is 54.8 Å². The quantitative estimate of drug-likeness (QED) is 0.107. The first-order valence-corrected chi connectivity index (χ1v) is 24.5. The van der Waals surface area contributed by atoms with Crippen LogP contribution in [0.3, 0.4) is 0 Å². The highest BCUT2D eigenvalue weighted by atomic mass is 16.6. The van der Waals surface area contributed by atoms with Crippen LogP contribution >= 0.6 is 0 Å². The minimum absolute atomic E-state index is 0.00402. The molecule has 0 aromatic carbocycles. The molecule has 0 aliphatic heterocycles. The SMILES string of the molecule is O=C(COC1CCC(C(=O)C2CCCCC2)C(O)C1)OCC(COC(=O)COC1CCC(C(=O)C2CCCCC2)C(O)C1)OC(=O)COC1CCC(C(=O)C2CCCCC2)C(O)C1. The fourth-order valence-corrected chi connectivity index (χ4v) is 11.2. The molecule has 0 saturated heterocycles. The molecule has 9 unspecified atom stereocenters. The first kappa shape index (κ1) is 49.6. The van der Waals surface area contributed by atoms with Crippen LogP contribution in [0.25, 0.3) is 0 Å². The fraction of sp³-hybridized carbons (Fsp3) is 0.875. The van der Waals surface area contributed by atoms with Gasteiger partial charge in [-0.15, -0.1) is 0 Å². The van der Waals surface area contributed by atoms with Gasteiger partial charge in [-0.2, -0.15) is 0 Å². The summed E-state index contributed by atoms with van der Waals surface area (Å²) in [5.74, 6) is -3.23. The number of Topliss-reactive ketones (excluding diaryl/α,β-unsaturated/α-hetero) is 3. The van der Waals surface area contributed by atoms with Gasteiger partial charge in [0.05, 0.1) is 36.6 Å². The number of hydrogen-bond donors (Lipinski definition) is 3. The average Bonchev–Trinajstić information content (AvgIpc) is 3.30. The molecule has 0 spiro atoms. The van der Waals surface area contributed by atoms with Crippen molar-refractivity contribution in [3.05, 3.63) is 0 Å². The summed E-state index contributed by atoms with van der Waals surface area (Å²) < 4.78 is 33.6. The number of esters is 3. The molecule has 0 aromatic heterocycles. The van der Waals surface area contributed by atoms with E-state index in [4.69, 9.17) is 28.4 Å². The molecule has 356 valence electrons. The average molecular weight is 891 g/mol. The van der Waals surface area contributed by atoms with E-state index >= 15 is 0 Å². The van der Waals surface area contributed by atoms with Crippen molar-refractivity contribution in [2.75, 3.05) is 33.0 Å². The Morgan fingerprint density at radius 2 is 0.698 bits per heavy atom. The number of carbonyl (C=O) groups is 6. The van der Waals surface area contributed by atoms with Gasteiger partial charge in [-0.3, -0.25) is 14.4 Å². The standard InChI is InChI=1S/C48H74O15/c49-40-22-33(16-19-37(40)46(55)30-10-4-1-5-11-30)58-27-43(52)61-25-36(63-45(54)29-60-35-18-21-39(42(51)24-35)48(57)32-14-8-3-9-15-32)26-62-44(53)28-59-34-17-20-38(41(50)23-34)47(56)31-12-6-2-7-13-31/h30-42,49-51H,1-29H2. The molecule has 9 atom stereocenters. The Labute approximate surface area is 372 Å². The number of ketones is 3. The lowest BCUT2D eigenvalue weighted by Crippen LogP contribution is -2.41. The maximum atomic E-state index is 13.1. The van der Waals surface area contributed by atoms with Gasteiger partial charge in [-0.1, -0.05) is 57.8 Å². The van der Waals surface area contributed by atoms with Crippen molar-refractivity contribution in [1.82, 2.24) is 0 Å². The molecule has 3 N–H and O–H groups in total. The van der Waals surface area contributed by atoms with Gasteiger partial charge in [0.15, 0.2) is 6.10 Å². The van der Waals surface area contributed by atoms with E-state index in [0.717, 1.165) is 96.3 Å². The van der Waals surface area contributed by atoms with Gasteiger partial charge in [0.2, 0.25) is 0 Å². The molecule has 0 heterocycles. The summed E-state index contributed by atoms with van der Waals surface area (Å²) in [7, 11) is 0. The van der Waals surface area contributed by atoms with E-state index in [1.807, 2.05) is 0 Å². The minimum Gasteiger partial charge on any atom is -0.460 e. The maximum Gasteiger partial charge on any atom is 0.332 e. The highest BCUT2D eigenvalue weighted by Gasteiger charge is 2.40. The molecule has 0 bridgehead atoms. The lowest BCUT2D eigenvalue weighted by molar-refractivity contribution is -0.176. The zero-order valence-electron chi connectivity index (χ0n) is 37.3. The molecule has 6 aliphatic carbocycles. The smallest absolute Gasteiger partial charge is 0.332 e. The summed E-state index contributed by atoms with van der Waals surface area (Å²) in [4.78, 5) is 77.9. The van der Waals surface area contributed by atoms with E-state index in [1.54, 1.807) is 0 Å². The second-order valence-electron chi connectivity index (χ2n) is 19.4. The van der Waals surface area contributed by atoms with Crippen LogP contribution < -0.4 is 0 Å². The van der Waals surface area contributed by atoms with Crippen LogP contribution in [-0.2, 0) is 57.2 Å². The summed E-state index contributed by atoms with van der Waals surface area (Å²) in [6.45, 7) is -2.29. The number of ether oxygens (including phenoxy) is 6. The summed E-state index contributed by atoms with van der Waals surface area (Å²) in [5.41, 5.74) is 0. The number of rotatable bonds is 20. The first-order valence-electron chi connectivity index (χ1n) is 24.5. The van der Waals surface area contributed by atoms with Crippen molar-refractivity contribution in [2.24, 2.45) is 35.5 Å². The Hall–Kier alpha value is -2.82. The van der Waals surface area contributed by atoms with E-state index in [2.05, 4.69) is 0 Å². The van der Waals surface area contributed by atoms with E-state index < -0.39 is 111 Å². The van der Waals surface area contributed by atoms with E-state index in [-0.39, 0.29) is 54.4 Å². The second-order valence-corrected chi connectivity index (χ2v) is 19.4. The van der Waals surface area contributed by atoms with Gasteiger partial charge >= 0.3 is 17.9 Å². The predicted molar refractivity (Wildman–Crippen MR) is 226 cm³/mol. The Morgan fingerprint density at radius 3 is 1.00 bits per heavy atom. The van der Waals surface area contributed by atoms with Gasteiger partial charge in [0.1, 0.15) is 50.4 Å². The molecule has 0 aromatic rings. The predicted octanol–water partition coefficient (Wildman–Crippen LogP) is 5.07. The molecule has 0 radical (unpaired) electrons. The number of hydrogen-bond acceptors (Lipinski definition) is 15. The van der Waals surface area contributed by atoms with E-state index in [0.29, 0.717) is 38.5 Å². The summed E-state index contributed by atoms with van der Waals surface area (Å²) >= 11 is 0. The molecule has 15 nitrogen and oxygen atoms in total. The highest BCUT2D eigenvalue weighted by molar-refractivity contribution is 5.85. The molecule has 63 heavy (non-hydrogen) atoms. The van der Waals surface area contributed by atoms with Crippen molar-refractivity contribution < 1.29 is 72.5 Å². The Morgan fingerprint density at radius 1 is 0.397 bits per heavy atom. The molecular formula is C48H74O15. The van der Waals surface area contributed by atoms with Crippen molar-refractivity contribution in [1.29, 1.82) is 0 Å². The van der Waals surface area contributed by atoms with Crippen LogP contribution in [0, 0.1) is 35.5 Å². The molecule has 6 saturated carbocycles. The molecular weight excluding hydrogens is 817 g/mol. The third-order valence-corrected chi connectivity index (χ3v) is 14.9. The lowest BCUT2D eigenvalue weighted by Gasteiger charge is -2.34. The lowest BCUT2D eigenvalue weighted by atomic mass is 9.74. The zero-order chi connectivity index (χ0) is 44.7. The van der Waals surface area contributed by atoms with Gasteiger partial charge < -0.3 is 43.7 Å². The third-order valence-electron chi connectivity index (χ3n) is 14.9. The largest absolute Gasteiger partial charge is 0.460 e. The normalized spacial score (nSPS) is 32.0. The first-order chi connectivity index (χ1) is 30.4. The Bertz CT molecular complexity index is 1430. The van der Waals surface area contributed by atoms with Crippen LogP contribution in [0.5, 0.6) is 0 Å². The monoisotopic (exact) mass is 891 g/mol. The van der Waals surface area contributed by atoms with Gasteiger partial charge in [-0.25, -0.2) is 14.4 Å². The third kappa shape index (κ3) is 15.1. The van der Waals surface area contributed by atoms with Crippen LogP contribution in [0.1, 0.15) is 154 Å². The highest BCUT2D eigenvalue weighted by Crippen LogP contribution is 2.37. The van der Waals surface area contributed by atoms with E-state index in [1.165, 1.54) is 0 Å². The molecule has 6 aliphatic rings. The number of aliphatic hydroxyl groups excluding tert-OH is 3. The van der Waals surface area contributed by atoms with Crippen molar-refractivity contribution in [3.8, 4) is 0 Å². The van der Waals surface area contributed by atoms with Crippen LogP contribution in [0.2, 0.25) is 0 Å². The molecule has 15 heteroatoms. The topological polar surface area (TPSA) is 218 Å². The molecule has 6 rings (SSSR count). The zero-order valence-corrected chi connectivity index (χ0v) is 37.3. The van der Waals surface area contributed by atoms with Gasteiger partial charge in [0.25, 0.3) is 0 Å². The second kappa shape index (κ2) is 25.2. The number of carbonyl (C=O) groups excluding carboxylic acids is 6. The van der Waals surface area contributed by atoms with Crippen molar-refractivity contribution in [3.63, 3.8) is 0 Å². The van der Waals surface area contributed by atoms with Crippen molar-refractivity contribution >= 4 is 35.3 Å². The van der Waals surface area contributed by atoms with E-state index in [9.17, 15) is 44.1 Å². The summed E-state index contributed by atoms with van der Waals surface area (Å²) in [5, 5.41) is 32.5. The van der Waals surface area contributed by atoms with Crippen LogP contribution in [0.4, 0.5) is 0 Å². The van der Waals surface area contributed by atoms with Crippen LogP contribution in [-0.4, -0.2) is 126 Å². The molecule has 0 amide bonds.